The van der Waals surface area contributed by atoms with E-state index >= 15 is 0 Å². The van der Waals surface area contributed by atoms with Gasteiger partial charge in [0.25, 0.3) is 0 Å². The Morgan fingerprint density at radius 3 is 2.78 bits per heavy atom. The first-order valence-electron chi connectivity index (χ1n) is 8.54. The van der Waals surface area contributed by atoms with Gasteiger partial charge in [-0.3, -0.25) is 0 Å². The molecule has 0 spiro atoms. The van der Waals surface area contributed by atoms with Gasteiger partial charge in [0.2, 0.25) is 12.5 Å². The van der Waals surface area contributed by atoms with Crippen molar-refractivity contribution in [3.8, 4) is 17.2 Å². The fraction of sp³-hybridized carbons (Fsp3) is 0.444. The van der Waals surface area contributed by atoms with Crippen molar-refractivity contribution in [1.29, 1.82) is 0 Å². The summed E-state index contributed by atoms with van der Waals surface area (Å²) in [4.78, 5) is 25.0. The molecule has 3 rings (SSSR count). The van der Waals surface area contributed by atoms with Crippen LogP contribution < -0.4 is 15.3 Å². The molecule has 9 nitrogen and oxygen atoms in total. The van der Waals surface area contributed by atoms with E-state index in [0.717, 1.165) is 0 Å². The summed E-state index contributed by atoms with van der Waals surface area (Å²) in [6, 6.07) is 3.20. The molecule has 9 heteroatoms. The molecule has 1 aliphatic rings. The van der Waals surface area contributed by atoms with Crippen molar-refractivity contribution in [2.75, 3.05) is 13.3 Å². The van der Waals surface area contributed by atoms with Crippen molar-refractivity contribution in [2.24, 2.45) is 0 Å². The zero-order valence-corrected chi connectivity index (χ0v) is 15.3. The number of amides is 1. The summed E-state index contributed by atoms with van der Waals surface area (Å²) >= 11 is 0. The third-order valence-electron chi connectivity index (χ3n) is 4.38. The van der Waals surface area contributed by atoms with Crippen LogP contribution in [0.3, 0.4) is 0 Å². The third-order valence-corrected chi connectivity index (χ3v) is 4.38. The lowest BCUT2D eigenvalue weighted by Gasteiger charge is -2.27. The average Bonchev–Trinajstić information content (AvgIpc) is 3.22. The monoisotopic (exact) mass is 379 g/mol. The Labute approximate surface area is 155 Å². The van der Waals surface area contributed by atoms with Crippen LogP contribution in [0.4, 0.5) is 4.79 Å². The van der Waals surface area contributed by atoms with Crippen LogP contribution in [0.25, 0.3) is 0 Å². The van der Waals surface area contributed by atoms with Crippen LogP contribution in [0, 0.1) is 6.92 Å². The van der Waals surface area contributed by atoms with Gasteiger partial charge in [-0.05, 0) is 33.3 Å². The van der Waals surface area contributed by atoms with E-state index in [-0.39, 0.29) is 36.7 Å². The van der Waals surface area contributed by atoms with Crippen LogP contribution in [-0.2, 0) is 17.8 Å². The number of hydrogen-bond donors (Lipinski definition) is 1. The van der Waals surface area contributed by atoms with Crippen molar-refractivity contribution in [3.63, 3.8) is 0 Å². The highest BCUT2D eigenvalue weighted by molar-refractivity contribution is 5.68. The average molecular weight is 379 g/mol. The Morgan fingerprint density at radius 2 is 2.11 bits per heavy atom. The maximum absolute atomic E-state index is 12.4. The number of phenols is 1. The van der Waals surface area contributed by atoms with Gasteiger partial charge < -0.3 is 33.1 Å². The number of rotatable bonds is 6. The molecule has 0 aliphatic carbocycles. The first-order valence-corrected chi connectivity index (χ1v) is 8.54. The topological polar surface area (TPSA) is 112 Å². The predicted octanol–water partition coefficient (Wildman–Crippen LogP) is 2.57. The molecule has 27 heavy (non-hydrogen) atoms. The summed E-state index contributed by atoms with van der Waals surface area (Å²) in [5, 5.41) is 10.3. The first-order chi connectivity index (χ1) is 12.9. The second-order valence-corrected chi connectivity index (χ2v) is 6.13. The molecule has 1 aromatic carbocycles. The number of carbonyl (C=O) groups excluding carboxylic acids is 1. The third kappa shape index (κ3) is 3.86. The summed E-state index contributed by atoms with van der Waals surface area (Å²) in [5.74, 6) is 0.428. The minimum Gasteiger partial charge on any atom is -0.504 e. The molecule has 2 heterocycles. The van der Waals surface area contributed by atoms with Crippen molar-refractivity contribution in [2.45, 2.75) is 39.8 Å². The number of nitrogens with zero attached hydrogens (tertiary/aromatic N) is 1. The molecule has 1 atom stereocenters. The lowest BCUT2D eigenvalue weighted by atomic mass is 10.0. The van der Waals surface area contributed by atoms with Gasteiger partial charge in [-0.25, -0.2) is 9.59 Å². The number of ether oxygens (including phenoxy) is 3. The van der Waals surface area contributed by atoms with Crippen molar-refractivity contribution < 1.29 is 32.9 Å². The van der Waals surface area contributed by atoms with Gasteiger partial charge in [-0.2, -0.15) is 0 Å². The summed E-state index contributed by atoms with van der Waals surface area (Å²) in [6.07, 6.45) is -0.168. The summed E-state index contributed by atoms with van der Waals surface area (Å²) in [6.45, 7) is 5.49. The first kappa shape index (κ1) is 18.7. The van der Waals surface area contributed by atoms with E-state index in [2.05, 4.69) is 0 Å². The van der Waals surface area contributed by atoms with Crippen molar-refractivity contribution in [1.82, 2.24) is 4.90 Å². The van der Waals surface area contributed by atoms with E-state index in [1.54, 1.807) is 19.1 Å². The van der Waals surface area contributed by atoms with Crippen molar-refractivity contribution >= 4 is 6.09 Å². The predicted molar refractivity (Wildman–Crippen MR) is 91.9 cm³/mol. The SMILES string of the molecule is CCN(C(=O)OCc1oc(=O)oc1C)C(C)Cc1ccc2c(c1O)OCO2. The number of hydrogen-bond acceptors (Lipinski definition) is 8. The summed E-state index contributed by atoms with van der Waals surface area (Å²) in [7, 11) is 0. The number of aromatic hydroxyl groups is 1. The Hall–Kier alpha value is -3.10. The van der Waals surface area contributed by atoms with Gasteiger partial charge in [0.15, 0.2) is 29.6 Å². The van der Waals surface area contributed by atoms with Gasteiger partial charge in [0.05, 0.1) is 0 Å². The lowest BCUT2D eigenvalue weighted by molar-refractivity contribution is 0.0790. The van der Waals surface area contributed by atoms with Crippen molar-refractivity contribution in [3.05, 3.63) is 39.8 Å². The summed E-state index contributed by atoms with van der Waals surface area (Å²) in [5.41, 5.74) is 0.634. The van der Waals surface area contributed by atoms with Crippen LogP contribution in [0.15, 0.2) is 25.8 Å². The molecular formula is C18H21NO8. The van der Waals surface area contributed by atoms with E-state index in [0.29, 0.717) is 30.0 Å². The van der Waals surface area contributed by atoms with Gasteiger partial charge in [0, 0.05) is 18.2 Å². The van der Waals surface area contributed by atoms with Crippen LogP contribution in [0.5, 0.6) is 17.2 Å². The largest absolute Gasteiger partial charge is 0.519 e. The molecule has 1 aromatic heterocycles. The van der Waals surface area contributed by atoms with Gasteiger partial charge >= 0.3 is 11.9 Å². The minimum atomic E-state index is -0.836. The summed E-state index contributed by atoms with van der Waals surface area (Å²) < 4.78 is 25.3. The minimum absolute atomic E-state index is 0.0112. The number of fused-ring (bicyclic) bond motifs is 1. The van der Waals surface area contributed by atoms with E-state index in [1.807, 2.05) is 13.8 Å². The molecule has 0 bridgehead atoms. The molecule has 2 aromatic rings. The number of phenolic OH excluding ortho intramolecular Hbond substituents is 1. The maximum Gasteiger partial charge on any atom is 0.519 e. The highest BCUT2D eigenvalue weighted by Crippen LogP contribution is 2.42. The fourth-order valence-corrected chi connectivity index (χ4v) is 2.93. The highest BCUT2D eigenvalue weighted by Gasteiger charge is 2.25. The second kappa shape index (κ2) is 7.65. The zero-order chi connectivity index (χ0) is 19.6. The van der Waals surface area contributed by atoms with Gasteiger partial charge in [-0.1, -0.05) is 6.07 Å². The Bertz CT molecular complexity index is 884. The standard InChI is InChI=1S/C18H21NO8/c1-4-19(17(21)23-8-14-11(3)26-18(22)27-14)10(2)7-12-5-6-13-16(15(12)20)25-9-24-13/h5-6,10,20H,4,7-9H2,1-3H3. The maximum atomic E-state index is 12.4. The molecule has 0 saturated carbocycles. The molecular weight excluding hydrogens is 358 g/mol. The molecule has 146 valence electrons. The lowest BCUT2D eigenvalue weighted by Crippen LogP contribution is -2.40. The molecule has 0 saturated heterocycles. The van der Waals surface area contributed by atoms with Crippen LogP contribution in [0.2, 0.25) is 0 Å². The van der Waals surface area contributed by atoms with E-state index in [1.165, 1.54) is 4.90 Å². The van der Waals surface area contributed by atoms with Crippen LogP contribution in [-0.4, -0.2) is 35.5 Å². The Morgan fingerprint density at radius 1 is 1.33 bits per heavy atom. The molecule has 1 aliphatic heterocycles. The van der Waals surface area contributed by atoms with Gasteiger partial charge in [-0.15, -0.1) is 0 Å². The van der Waals surface area contributed by atoms with Crippen LogP contribution >= 0.6 is 0 Å². The van der Waals surface area contributed by atoms with Gasteiger partial charge in [0.1, 0.15) is 0 Å². The molecule has 1 N–H and O–H groups in total. The number of benzene rings is 1. The molecule has 1 unspecified atom stereocenters. The smallest absolute Gasteiger partial charge is 0.504 e. The Balaban J connectivity index is 1.65. The normalized spacial score (nSPS) is 13.4. The van der Waals surface area contributed by atoms with E-state index in [4.69, 9.17) is 23.0 Å². The van der Waals surface area contributed by atoms with Crippen LogP contribution in [0.1, 0.15) is 30.9 Å². The number of aryl methyl sites for hydroxylation is 1. The van der Waals surface area contributed by atoms with E-state index < -0.39 is 11.9 Å². The van der Waals surface area contributed by atoms with E-state index in [9.17, 15) is 14.7 Å². The fourth-order valence-electron chi connectivity index (χ4n) is 2.93. The quantitative estimate of drug-likeness (QED) is 0.815. The molecule has 0 radical (unpaired) electrons. The zero-order valence-electron chi connectivity index (χ0n) is 15.3. The number of likely N-dealkylation sites (N-methyl/N-ethyl adjacent to an activating group) is 1. The second-order valence-electron chi connectivity index (χ2n) is 6.13. The number of carbonyl (C=O) groups is 1. The highest BCUT2D eigenvalue weighted by atomic mass is 16.7. The molecule has 1 amide bonds. The Kier molecular flexibility index (Phi) is 5.29. The molecule has 0 fully saturated rings.